The van der Waals surface area contributed by atoms with E-state index in [1.165, 1.54) is 0 Å². The van der Waals surface area contributed by atoms with Gasteiger partial charge in [0.1, 0.15) is 0 Å². The quantitative estimate of drug-likeness (QED) is 0.871. The first-order chi connectivity index (χ1) is 11.6. The molecule has 1 heterocycles. The van der Waals surface area contributed by atoms with Gasteiger partial charge in [-0.2, -0.15) is 0 Å². The number of aryl methyl sites for hydroxylation is 1. The number of hydrogen-bond donors (Lipinski definition) is 1. The Labute approximate surface area is 142 Å². The van der Waals surface area contributed by atoms with Crippen LogP contribution in [-0.2, 0) is 11.2 Å². The Morgan fingerprint density at radius 3 is 2.54 bits per heavy atom. The maximum absolute atomic E-state index is 12.4. The van der Waals surface area contributed by atoms with Gasteiger partial charge in [-0.25, -0.2) is 0 Å². The van der Waals surface area contributed by atoms with E-state index < -0.39 is 0 Å². The van der Waals surface area contributed by atoms with E-state index in [0.717, 1.165) is 33.9 Å². The lowest BCUT2D eigenvalue weighted by Gasteiger charge is -2.14. The van der Waals surface area contributed by atoms with Crippen LogP contribution in [-0.4, -0.2) is 19.1 Å². The third-order valence-electron chi connectivity index (χ3n) is 4.29. The molecule has 1 aliphatic rings. The predicted octanol–water partition coefficient (Wildman–Crippen LogP) is 4.07. The minimum atomic E-state index is -0.160. The van der Waals surface area contributed by atoms with Gasteiger partial charge < -0.3 is 14.8 Å². The Hall–Kier alpha value is -2.49. The van der Waals surface area contributed by atoms with Crippen LogP contribution in [0.15, 0.2) is 36.4 Å². The molecule has 4 heteroatoms. The third kappa shape index (κ3) is 3.09. The number of ether oxygens (including phenoxy) is 2. The van der Waals surface area contributed by atoms with Crippen LogP contribution < -0.4 is 14.8 Å². The summed E-state index contributed by atoms with van der Waals surface area (Å²) in [6.07, 6.45) is 0.648. The highest BCUT2D eigenvalue weighted by Crippen LogP contribution is 2.38. The summed E-state index contributed by atoms with van der Waals surface area (Å²) in [5.74, 6) is 1.38. The van der Waals surface area contributed by atoms with E-state index in [4.69, 9.17) is 9.47 Å². The Bertz CT molecular complexity index is 755. The van der Waals surface area contributed by atoms with Crippen LogP contribution in [0.3, 0.4) is 0 Å². The molecule has 24 heavy (non-hydrogen) atoms. The van der Waals surface area contributed by atoms with Crippen molar-refractivity contribution < 1.29 is 14.3 Å². The molecule has 0 saturated carbocycles. The zero-order valence-electron chi connectivity index (χ0n) is 14.4. The highest BCUT2D eigenvalue weighted by Gasteiger charge is 2.31. The lowest BCUT2D eigenvalue weighted by molar-refractivity contribution is -0.117. The van der Waals surface area contributed by atoms with Gasteiger partial charge in [0.05, 0.1) is 19.1 Å². The molecule has 1 atom stereocenters. The Morgan fingerprint density at radius 1 is 1.04 bits per heavy atom. The SMILES string of the molecule is CCOc1ccc(C[C@@H]2C(=O)Nc3c(C)cccc32)cc1OCC. The first-order valence-electron chi connectivity index (χ1n) is 8.43. The van der Waals surface area contributed by atoms with Crippen molar-refractivity contribution in [3.05, 3.63) is 53.1 Å². The standard InChI is InChI=1S/C20H23NO3/c1-4-23-17-10-9-14(12-18(17)24-5-2)11-16-15-8-6-7-13(3)19(15)21-20(16)22/h6-10,12,16H,4-5,11H2,1-3H3,(H,21,22)/t16-/m0/s1. The minimum Gasteiger partial charge on any atom is -0.490 e. The molecule has 0 fully saturated rings. The number of hydrogen-bond acceptors (Lipinski definition) is 3. The molecule has 0 unspecified atom stereocenters. The molecule has 1 N–H and O–H groups in total. The lowest BCUT2D eigenvalue weighted by Crippen LogP contribution is -2.14. The Balaban J connectivity index is 1.88. The van der Waals surface area contributed by atoms with Gasteiger partial charge in [0.25, 0.3) is 0 Å². The molecule has 0 aliphatic carbocycles. The molecule has 1 aliphatic heterocycles. The van der Waals surface area contributed by atoms with Crippen molar-refractivity contribution in [2.24, 2.45) is 0 Å². The summed E-state index contributed by atoms with van der Waals surface area (Å²) in [6, 6.07) is 12.0. The summed E-state index contributed by atoms with van der Waals surface area (Å²) in [5, 5.41) is 3.01. The van der Waals surface area contributed by atoms with Crippen molar-refractivity contribution in [1.82, 2.24) is 0 Å². The Kier molecular flexibility index (Phi) is 4.74. The summed E-state index contributed by atoms with van der Waals surface area (Å²) >= 11 is 0. The molecule has 0 aromatic heterocycles. The van der Waals surface area contributed by atoms with Crippen molar-refractivity contribution in [1.29, 1.82) is 0 Å². The number of anilines is 1. The molecule has 3 rings (SSSR count). The number of carbonyl (C=O) groups excluding carboxylic acids is 1. The highest BCUT2D eigenvalue weighted by atomic mass is 16.5. The first kappa shape index (κ1) is 16.4. The Morgan fingerprint density at radius 2 is 1.79 bits per heavy atom. The molecular formula is C20H23NO3. The zero-order valence-corrected chi connectivity index (χ0v) is 14.4. The van der Waals surface area contributed by atoms with Gasteiger partial charge in [0, 0.05) is 5.69 Å². The fourth-order valence-corrected chi connectivity index (χ4v) is 3.16. The van der Waals surface area contributed by atoms with Gasteiger partial charge in [0.2, 0.25) is 5.91 Å². The number of nitrogens with one attached hydrogen (secondary N) is 1. The van der Waals surface area contributed by atoms with Crippen LogP contribution in [0.5, 0.6) is 11.5 Å². The van der Waals surface area contributed by atoms with E-state index in [0.29, 0.717) is 19.6 Å². The van der Waals surface area contributed by atoms with Crippen molar-refractivity contribution in [3.8, 4) is 11.5 Å². The number of fused-ring (bicyclic) bond motifs is 1. The molecule has 2 aromatic rings. The number of rotatable bonds is 6. The summed E-state index contributed by atoms with van der Waals surface area (Å²) in [6.45, 7) is 7.09. The van der Waals surface area contributed by atoms with E-state index in [-0.39, 0.29) is 11.8 Å². The average molecular weight is 325 g/mol. The summed E-state index contributed by atoms with van der Waals surface area (Å²) < 4.78 is 11.3. The maximum atomic E-state index is 12.4. The molecular weight excluding hydrogens is 302 g/mol. The second-order valence-corrected chi connectivity index (χ2v) is 5.93. The van der Waals surface area contributed by atoms with Gasteiger partial charge in [0.15, 0.2) is 11.5 Å². The number of amides is 1. The van der Waals surface area contributed by atoms with Crippen LogP contribution in [0.25, 0.3) is 0 Å². The van der Waals surface area contributed by atoms with Crippen molar-refractivity contribution in [3.63, 3.8) is 0 Å². The molecule has 4 nitrogen and oxygen atoms in total. The van der Waals surface area contributed by atoms with Gasteiger partial charge in [-0.15, -0.1) is 0 Å². The number of carbonyl (C=O) groups is 1. The largest absolute Gasteiger partial charge is 0.490 e. The molecule has 0 spiro atoms. The van der Waals surface area contributed by atoms with E-state index >= 15 is 0 Å². The highest BCUT2D eigenvalue weighted by molar-refractivity contribution is 6.03. The van der Waals surface area contributed by atoms with E-state index in [9.17, 15) is 4.79 Å². The normalized spacial score (nSPS) is 15.8. The second kappa shape index (κ2) is 6.95. The fourth-order valence-electron chi connectivity index (χ4n) is 3.16. The zero-order chi connectivity index (χ0) is 17.1. The van der Waals surface area contributed by atoms with Crippen LogP contribution >= 0.6 is 0 Å². The van der Waals surface area contributed by atoms with Crippen molar-refractivity contribution in [2.75, 3.05) is 18.5 Å². The van der Waals surface area contributed by atoms with Crippen molar-refractivity contribution in [2.45, 2.75) is 33.1 Å². The number of benzene rings is 2. The van der Waals surface area contributed by atoms with E-state index in [2.05, 4.69) is 5.32 Å². The lowest BCUT2D eigenvalue weighted by atomic mass is 9.92. The van der Waals surface area contributed by atoms with Crippen molar-refractivity contribution >= 4 is 11.6 Å². The molecule has 0 saturated heterocycles. The maximum Gasteiger partial charge on any atom is 0.232 e. The molecule has 2 aromatic carbocycles. The molecule has 0 bridgehead atoms. The topological polar surface area (TPSA) is 47.6 Å². The smallest absolute Gasteiger partial charge is 0.232 e. The third-order valence-corrected chi connectivity index (χ3v) is 4.29. The van der Waals surface area contributed by atoms with Crippen LogP contribution in [0.4, 0.5) is 5.69 Å². The monoisotopic (exact) mass is 325 g/mol. The fraction of sp³-hybridized carbons (Fsp3) is 0.350. The van der Waals surface area contributed by atoms with Gasteiger partial charge in [-0.05, 0) is 56.0 Å². The van der Waals surface area contributed by atoms with Gasteiger partial charge in [-0.3, -0.25) is 4.79 Å². The van der Waals surface area contributed by atoms with Gasteiger partial charge >= 0.3 is 0 Å². The first-order valence-corrected chi connectivity index (χ1v) is 8.43. The second-order valence-electron chi connectivity index (χ2n) is 5.93. The number of para-hydroxylation sites is 1. The molecule has 0 radical (unpaired) electrons. The average Bonchev–Trinajstić information content (AvgIpc) is 2.88. The van der Waals surface area contributed by atoms with E-state index in [1.807, 2.05) is 57.2 Å². The predicted molar refractivity (Wildman–Crippen MR) is 95.0 cm³/mol. The van der Waals surface area contributed by atoms with E-state index in [1.54, 1.807) is 0 Å². The van der Waals surface area contributed by atoms with Crippen LogP contribution in [0.2, 0.25) is 0 Å². The van der Waals surface area contributed by atoms with Gasteiger partial charge in [-0.1, -0.05) is 24.3 Å². The minimum absolute atomic E-state index is 0.0612. The molecule has 126 valence electrons. The van der Waals surface area contributed by atoms with Crippen LogP contribution in [0, 0.1) is 6.92 Å². The van der Waals surface area contributed by atoms with Crippen LogP contribution in [0.1, 0.15) is 36.5 Å². The summed E-state index contributed by atoms with van der Waals surface area (Å²) in [5.41, 5.74) is 4.21. The summed E-state index contributed by atoms with van der Waals surface area (Å²) in [7, 11) is 0. The summed E-state index contributed by atoms with van der Waals surface area (Å²) in [4.78, 5) is 12.4. The molecule has 1 amide bonds.